The van der Waals surface area contributed by atoms with Gasteiger partial charge in [-0.25, -0.2) is 4.39 Å². The number of nitrogens with zero attached hydrogens (tertiary/aromatic N) is 2. The third-order valence-corrected chi connectivity index (χ3v) is 4.73. The van der Waals surface area contributed by atoms with Gasteiger partial charge in [-0.15, -0.1) is 6.58 Å². The van der Waals surface area contributed by atoms with Gasteiger partial charge in [-0.1, -0.05) is 54.6 Å². The van der Waals surface area contributed by atoms with E-state index in [4.69, 9.17) is 4.65 Å². The Hall–Kier alpha value is -2.96. The molecule has 0 saturated carbocycles. The van der Waals surface area contributed by atoms with Crippen molar-refractivity contribution in [3.8, 4) is 0 Å². The molecule has 1 aliphatic rings. The molecule has 2 aromatic rings. The van der Waals surface area contributed by atoms with Crippen molar-refractivity contribution in [2.45, 2.75) is 12.0 Å². The van der Waals surface area contributed by atoms with Crippen molar-refractivity contribution in [1.82, 2.24) is 4.90 Å². The molecule has 1 heterocycles. The molecular weight excluding hydrogens is 349 g/mol. The van der Waals surface area contributed by atoms with Gasteiger partial charge in [0, 0.05) is 12.0 Å². The number of rotatable bonds is 5. The molecular formula is C20H21BF2N2O2. The zero-order valence-corrected chi connectivity index (χ0v) is 15.3. The molecule has 1 aliphatic heterocycles. The third-order valence-electron chi connectivity index (χ3n) is 4.73. The van der Waals surface area contributed by atoms with Gasteiger partial charge in [0.2, 0.25) is 0 Å². The summed E-state index contributed by atoms with van der Waals surface area (Å²) in [7, 11) is 3.40. The summed E-state index contributed by atoms with van der Waals surface area (Å²) < 4.78 is 37.3. The Morgan fingerprint density at radius 1 is 1.19 bits per heavy atom. The van der Waals surface area contributed by atoms with Crippen LogP contribution in [0, 0.1) is 5.82 Å². The molecule has 0 aromatic heterocycles. The van der Waals surface area contributed by atoms with Crippen LogP contribution in [0.3, 0.4) is 0 Å². The van der Waals surface area contributed by atoms with Crippen LogP contribution in [0.2, 0.25) is 0 Å². The molecule has 0 radical (unpaired) electrons. The van der Waals surface area contributed by atoms with Crippen LogP contribution < -0.4 is 5.46 Å². The number of carbonyl (C=O) groups excluding carboxylic acids is 1. The van der Waals surface area contributed by atoms with E-state index in [0.29, 0.717) is 5.56 Å². The lowest BCUT2D eigenvalue weighted by Gasteiger charge is -2.33. The monoisotopic (exact) mass is 370 g/mol. The molecule has 2 aromatic carbocycles. The SMILES string of the molecule is C=CC[C@@]1(c2ccccc2)C(=O)O[B-](F)(c2ccccc2F)/[N+]1=C\N(C)C. The summed E-state index contributed by atoms with van der Waals surface area (Å²) in [6.45, 7) is 0.0950. The molecule has 140 valence electrons. The van der Waals surface area contributed by atoms with E-state index >= 15 is 4.32 Å². The summed E-state index contributed by atoms with van der Waals surface area (Å²) in [5.74, 6) is -1.55. The lowest BCUT2D eigenvalue weighted by molar-refractivity contribution is -0.488. The van der Waals surface area contributed by atoms with Crippen molar-refractivity contribution in [3.63, 3.8) is 0 Å². The first-order valence-electron chi connectivity index (χ1n) is 8.64. The number of benzene rings is 2. The predicted molar refractivity (Wildman–Crippen MR) is 102 cm³/mol. The molecule has 1 fully saturated rings. The topological polar surface area (TPSA) is 32.6 Å². The molecule has 0 spiro atoms. The van der Waals surface area contributed by atoms with Crippen LogP contribution in [-0.2, 0) is 15.0 Å². The van der Waals surface area contributed by atoms with Gasteiger partial charge in [-0.05, 0) is 11.5 Å². The Bertz CT molecular complexity index is 904. The number of hydrogen-bond donors (Lipinski definition) is 0. The van der Waals surface area contributed by atoms with E-state index in [1.54, 1.807) is 49.3 Å². The van der Waals surface area contributed by atoms with Gasteiger partial charge in [0.05, 0.1) is 19.9 Å². The molecule has 0 aliphatic carbocycles. The van der Waals surface area contributed by atoms with Crippen molar-refractivity contribution >= 4 is 24.5 Å². The Morgan fingerprint density at radius 2 is 1.81 bits per heavy atom. The highest BCUT2D eigenvalue weighted by atomic mass is 19.1. The fourth-order valence-corrected chi connectivity index (χ4v) is 3.59. The van der Waals surface area contributed by atoms with Gasteiger partial charge in [-0.3, -0.25) is 9.69 Å². The number of halogens is 2. The van der Waals surface area contributed by atoms with E-state index in [-0.39, 0.29) is 11.9 Å². The standard InChI is InChI=1S/C20H21BF2N2O2/c1-4-14-20(16-10-6-5-7-11-16)19(26)27-21(23,25(20)15-24(2)3)17-12-8-9-13-18(17)22/h4-13,15H,1,14H2,2-3H3/b25-15-/t20-,21?/m1/s1. The summed E-state index contributed by atoms with van der Waals surface area (Å²) in [6.07, 6.45) is 3.07. The van der Waals surface area contributed by atoms with Crippen molar-refractivity contribution in [2.75, 3.05) is 14.1 Å². The quantitative estimate of drug-likeness (QED) is 0.461. The molecule has 4 nitrogen and oxygen atoms in total. The van der Waals surface area contributed by atoms with Crippen LogP contribution in [0.25, 0.3) is 0 Å². The second-order valence-corrected chi connectivity index (χ2v) is 6.78. The lowest BCUT2D eigenvalue weighted by atomic mass is 9.65. The first-order valence-corrected chi connectivity index (χ1v) is 8.64. The predicted octanol–water partition coefficient (Wildman–Crippen LogP) is 2.57. The Kier molecular flexibility index (Phi) is 4.87. The fraction of sp³-hybridized carbons (Fsp3) is 0.200. The van der Waals surface area contributed by atoms with Gasteiger partial charge < -0.3 is 13.5 Å². The maximum absolute atomic E-state index is 16.3. The molecule has 0 bridgehead atoms. The number of hydrogen-bond acceptors (Lipinski definition) is 2. The molecule has 0 N–H and O–H groups in total. The first kappa shape index (κ1) is 18.8. The summed E-state index contributed by atoms with van der Waals surface area (Å²) >= 11 is 0. The van der Waals surface area contributed by atoms with E-state index < -0.39 is 24.1 Å². The zero-order chi connectivity index (χ0) is 19.7. The van der Waals surface area contributed by atoms with E-state index in [2.05, 4.69) is 6.58 Å². The minimum absolute atomic E-state index is 0.0993. The molecule has 1 saturated heterocycles. The maximum Gasteiger partial charge on any atom is 0.571 e. The van der Waals surface area contributed by atoms with Crippen LogP contribution in [0.15, 0.2) is 67.3 Å². The van der Waals surface area contributed by atoms with Crippen molar-refractivity contribution < 1.29 is 22.6 Å². The second-order valence-electron chi connectivity index (χ2n) is 6.78. The zero-order valence-electron chi connectivity index (χ0n) is 15.3. The van der Waals surface area contributed by atoms with Gasteiger partial charge in [-0.2, -0.15) is 0 Å². The minimum Gasteiger partial charge on any atom is -0.619 e. The van der Waals surface area contributed by atoms with Crippen LogP contribution in [0.4, 0.5) is 8.71 Å². The van der Waals surface area contributed by atoms with Crippen molar-refractivity contribution in [2.24, 2.45) is 0 Å². The molecule has 0 amide bonds. The van der Waals surface area contributed by atoms with Crippen LogP contribution in [0.1, 0.15) is 12.0 Å². The summed E-state index contributed by atoms with van der Waals surface area (Å²) in [6, 6.07) is 14.2. The molecule has 2 atom stereocenters. The van der Waals surface area contributed by atoms with Gasteiger partial charge in [0.15, 0.2) is 11.9 Å². The van der Waals surface area contributed by atoms with Gasteiger partial charge >= 0.3 is 12.7 Å². The Balaban J connectivity index is 2.33. The fourth-order valence-electron chi connectivity index (χ4n) is 3.59. The lowest BCUT2D eigenvalue weighted by Crippen LogP contribution is -2.58. The highest BCUT2D eigenvalue weighted by molar-refractivity contribution is 6.76. The minimum atomic E-state index is -3.63. The van der Waals surface area contributed by atoms with E-state index in [0.717, 1.165) is 6.07 Å². The summed E-state index contributed by atoms with van der Waals surface area (Å²) in [5.41, 5.74) is -1.24. The van der Waals surface area contributed by atoms with Crippen LogP contribution in [0.5, 0.6) is 0 Å². The van der Waals surface area contributed by atoms with Crippen molar-refractivity contribution in [1.29, 1.82) is 0 Å². The van der Waals surface area contributed by atoms with Crippen LogP contribution in [-0.4, -0.2) is 42.6 Å². The average molecular weight is 370 g/mol. The first-order chi connectivity index (χ1) is 12.9. The van der Waals surface area contributed by atoms with Crippen molar-refractivity contribution in [3.05, 3.63) is 78.6 Å². The van der Waals surface area contributed by atoms with Gasteiger partial charge in [0.25, 0.3) is 0 Å². The molecule has 27 heavy (non-hydrogen) atoms. The summed E-state index contributed by atoms with van der Waals surface area (Å²) in [5, 5.41) is 0. The third kappa shape index (κ3) is 2.93. The molecule has 3 rings (SSSR count). The largest absolute Gasteiger partial charge is 0.619 e. The highest BCUT2D eigenvalue weighted by Crippen LogP contribution is 2.41. The maximum atomic E-state index is 16.3. The average Bonchev–Trinajstić information content (AvgIpc) is 2.85. The molecule has 1 unspecified atom stereocenters. The Morgan fingerprint density at radius 3 is 2.41 bits per heavy atom. The second kappa shape index (κ2) is 6.98. The number of carbonyl (C=O) groups is 1. The highest BCUT2D eigenvalue weighted by Gasteiger charge is 2.63. The van der Waals surface area contributed by atoms with Gasteiger partial charge in [0.1, 0.15) is 0 Å². The Labute approximate surface area is 157 Å². The smallest absolute Gasteiger partial charge is 0.571 e. The van der Waals surface area contributed by atoms with Crippen LogP contribution >= 0.6 is 0 Å². The van der Waals surface area contributed by atoms with E-state index in [9.17, 15) is 9.18 Å². The summed E-state index contributed by atoms with van der Waals surface area (Å²) in [4.78, 5) is 14.7. The molecule has 7 heteroatoms. The van der Waals surface area contributed by atoms with E-state index in [1.165, 1.54) is 35.1 Å². The normalized spacial score (nSPS) is 26.1. The van der Waals surface area contributed by atoms with E-state index in [1.807, 2.05) is 0 Å².